The van der Waals surface area contributed by atoms with Crippen LogP contribution in [0.5, 0.6) is 0 Å². The summed E-state index contributed by atoms with van der Waals surface area (Å²) in [5, 5.41) is 16.4. The molecule has 0 bridgehead atoms. The smallest absolute Gasteiger partial charge is 0.123 e. The van der Waals surface area contributed by atoms with Crippen LogP contribution >= 0.6 is 0 Å². The second kappa shape index (κ2) is 6.40. The highest BCUT2D eigenvalue weighted by Crippen LogP contribution is 2.28. The molecule has 2 aromatic heterocycles. The van der Waals surface area contributed by atoms with Crippen LogP contribution in [0.4, 0.5) is 4.39 Å². The maximum absolute atomic E-state index is 13.2. The lowest BCUT2D eigenvalue weighted by atomic mass is 10.2. The second-order valence-corrected chi connectivity index (χ2v) is 6.47. The van der Waals surface area contributed by atoms with Gasteiger partial charge < -0.3 is 5.32 Å². The number of hydrogen-bond acceptors (Lipinski definition) is 4. The first kappa shape index (κ1) is 16.0. The van der Waals surface area contributed by atoms with Gasteiger partial charge in [-0.15, -0.1) is 5.10 Å². The highest BCUT2D eigenvalue weighted by atomic mass is 19.1. The van der Waals surface area contributed by atoms with Crippen LogP contribution in [0.15, 0.2) is 30.5 Å². The summed E-state index contributed by atoms with van der Waals surface area (Å²) in [6.45, 7) is 2.65. The van der Waals surface area contributed by atoms with Gasteiger partial charge in [0.25, 0.3) is 0 Å². The molecule has 7 heteroatoms. The summed E-state index contributed by atoms with van der Waals surface area (Å²) in [6, 6.07) is 6.65. The molecule has 1 unspecified atom stereocenters. The molecule has 6 nitrogen and oxygen atoms in total. The van der Waals surface area contributed by atoms with Gasteiger partial charge in [-0.25, -0.2) is 13.8 Å². The maximum Gasteiger partial charge on any atom is 0.123 e. The molecular formula is C18H21FN6. The van der Waals surface area contributed by atoms with Crippen molar-refractivity contribution in [1.29, 1.82) is 0 Å². The molecule has 0 saturated heterocycles. The molecule has 1 aliphatic carbocycles. The van der Waals surface area contributed by atoms with E-state index in [1.165, 1.54) is 23.4 Å². The van der Waals surface area contributed by atoms with Crippen LogP contribution in [-0.4, -0.2) is 31.8 Å². The van der Waals surface area contributed by atoms with Crippen LogP contribution in [-0.2, 0) is 19.4 Å². The number of fused-ring (bicyclic) bond motifs is 1. The van der Waals surface area contributed by atoms with Crippen molar-refractivity contribution in [2.24, 2.45) is 0 Å². The first-order valence-electron chi connectivity index (χ1n) is 8.58. The molecule has 4 rings (SSSR count). The fourth-order valence-corrected chi connectivity index (χ4v) is 3.33. The van der Waals surface area contributed by atoms with Crippen molar-refractivity contribution in [3.8, 4) is 5.69 Å². The number of hydrogen-bond donors (Lipinski definition) is 1. The van der Waals surface area contributed by atoms with E-state index in [4.69, 9.17) is 5.10 Å². The highest BCUT2D eigenvalue weighted by Gasteiger charge is 2.23. The van der Waals surface area contributed by atoms with E-state index in [0.717, 1.165) is 36.3 Å². The molecule has 2 heterocycles. The van der Waals surface area contributed by atoms with E-state index in [1.807, 2.05) is 22.6 Å². The number of aromatic nitrogens is 5. The lowest BCUT2D eigenvalue weighted by Gasteiger charge is -2.05. The summed E-state index contributed by atoms with van der Waals surface area (Å²) >= 11 is 0. The van der Waals surface area contributed by atoms with E-state index in [2.05, 4.69) is 22.6 Å². The quantitative estimate of drug-likeness (QED) is 0.775. The van der Waals surface area contributed by atoms with Crippen LogP contribution in [0, 0.1) is 5.82 Å². The topological polar surface area (TPSA) is 60.6 Å². The normalized spacial score (nSPS) is 14.7. The summed E-state index contributed by atoms with van der Waals surface area (Å²) in [5.41, 5.74) is 5.35. The third-order valence-corrected chi connectivity index (χ3v) is 4.83. The predicted molar refractivity (Wildman–Crippen MR) is 92.1 cm³/mol. The van der Waals surface area contributed by atoms with Crippen molar-refractivity contribution in [2.75, 3.05) is 7.05 Å². The Bertz CT molecular complexity index is 880. The zero-order valence-corrected chi connectivity index (χ0v) is 14.4. The van der Waals surface area contributed by atoms with Crippen LogP contribution in [0.25, 0.3) is 5.69 Å². The number of benzene rings is 1. The van der Waals surface area contributed by atoms with Crippen molar-refractivity contribution in [3.05, 3.63) is 58.9 Å². The van der Waals surface area contributed by atoms with Gasteiger partial charge in [0.15, 0.2) is 0 Å². The predicted octanol–water partition coefficient (Wildman–Crippen LogP) is 2.42. The average Bonchev–Trinajstić information content (AvgIpc) is 3.33. The minimum atomic E-state index is -0.235. The molecular weight excluding hydrogens is 319 g/mol. The molecule has 0 amide bonds. The largest absolute Gasteiger partial charge is 0.312 e. The molecule has 1 N–H and O–H groups in total. The van der Waals surface area contributed by atoms with Crippen molar-refractivity contribution in [3.63, 3.8) is 0 Å². The van der Waals surface area contributed by atoms with Crippen molar-refractivity contribution >= 4 is 0 Å². The second-order valence-electron chi connectivity index (χ2n) is 6.47. The minimum Gasteiger partial charge on any atom is -0.312 e. The molecule has 25 heavy (non-hydrogen) atoms. The standard InChI is InChI=1S/C18H21FN6/c1-12(20-2)16-10-24(23-21-16)11-17-15-4-3-5-18(15)25(22-17)14-8-6-13(19)7-9-14/h6-10,12,20H,3-5,11H2,1-2H3. The first-order chi connectivity index (χ1) is 12.2. The van der Waals surface area contributed by atoms with Gasteiger partial charge in [0.1, 0.15) is 5.82 Å². The zero-order valence-electron chi connectivity index (χ0n) is 14.4. The van der Waals surface area contributed by atoms with Gasteiger partial charge in [-0.05, 0) is 63.1 Å². The number of halogens is 1. The number of rotatable bonds is 5. The van der Waals surface area contributed by atoms with E-state index in [1.54, 1.807) is 12.1 Å². The van der Waals surface area contributed by atoms with E-state index >= 15 is 0 Å². The summed E-state index contributed by atoms with van der Waals surface area (Å²) in [6.07, 6.45) is 5.11. The van der Waals surface area contributed by atoms with Crippen molar-refractivity contribution in [2.45, 2.75) is 38.8 Å². The molecule has 0 spiro atoms. The van der Waals surface area contributed by atoms with Gasteiger partial charge in [-0.3, -0.25) is 0 Å². The van der Waals surface area contributed by atoms with E-state index in [0.29, 0.717) is 6.54 Å². The highest BCUT2D eigenvalue weighted by molar-refractivity contribution is 5.40. The lowest BCUT2D eigenvalue weighted by molar-refractivity contribution is 0.617. The fraction of sp³-hybridized carbons (Fsp3) is 0.389. The van der Waals surface area contributed by atoms with Gasteiger partial charge >= 0.3 is 0 Å². The average molecular weight is 340 g/mol. The molecule has 0 fully saturated rings. The molecule has 130 valence electrons. The first-order valence-corrected chi connectivity index (χ1v) is 8.58. The zero-order chi connectivity index (χ0) is 17.4. The van der Waals surface area contributed by atoms with E-state index in [-0.39, 0.29) is 11.9 Å². The SMILES string of the molecule is CNC(C)c1cn(Cc2nn(-c3ccc(F)cc3)c3c2CCC3)nn1. The Morgan fingerprint density at radius 2 is 2.04 bits per heavy atom. The van der Waals surface area contributed by atoms with E-state index < -0.39 is 0 Å². The summed E-state index contributed by atoms with van der Waals surface area (Å²) in [4.78, 5) is 0. The number of nitrogens with zero attached hydrogens (tertiary/aromatic N) is 5. The lowest BCUT2D eigenvalue weighted by Crippen LogP contribution is -2.12. The molecule has 3 aromatic rings. The monoisotopic (exact) mass is 340 g/mol. The van der Waals surface area contributed by atoms with Crippen molar-refractivity contribution < 1.29 is 4.39 Å². The fourth-order valence-electron chi connectivity index (χ4n) is 3.33. The van der Waals surface area contributed by atoms with Crippen molar-refractivity contribution in [1.82, 2.24) is 30.1 Å². The molecule has 0 saturated carbocycles. The van der Waals surface area contributed by atoms with Crippen LogP contribution < -0.4 is 5.32 Å². The summed E-state index contributed by atoms with van der Waals surface area (Å²) in [5.74, 6) is -0.235. The molecule has 1 atom stereocenters. The number of nitrogens with one attached hydrogen (secondary N) is 1. The molecule has 0 aliphatic heterocycles. The third-order valence-electron chi connectivity index (χ3n) is 4.83. The Hall–Kier alpha value is -2.54. The van der Waals surface area contributed by atoms with Gasteiger partial charge in [-0.1, -0.05) is 5.21 Å². The Morgan fingerprint density at radius 3 is 2.80 bits per heavy atom. The van der Waals surface area contributed by atoms with Crippen LogP contribution in [0.2, 0.25) is 0 Å². The van der Waals surface area contributed by atoms with Gasteiger partial charge in [0, 0.05) is 11.7 Å². The van der Waals surface area contributed by atoms with Crippen LogP contribution in [0.3, 0.4) is 0 Å². The third kappa shape index (κ3) is 2.95. The van der Waals surface area contributed by atoms with Gasteiger partial charge in [0.2, 0.25) is 0 Å². The van der Waals surface area contributed by atoms with Gasteiger partial charge in [-0.2, -0.15) is 5.10 Å². The van der Waals surface area contributed by atoms with E-state index in [9.17, 15) is 4.39 Å². The Balaban J connectivity index is 1.66. The Morgan fingerprint density at radius 1 is 1.24 bits per heavy atom. The molecule has 0 radical (unpaired) electrons. The Labute approximate surface area is 145 Å². The summed E-state index contributed by atoms with van der Waals surface area (Å²) < 4.78 is 17.0. The summed E-state index contributed by atoms with van der Waals surface area (Å²) in [7, 11) is 1.90. The van der Waals surface area contributed by atoms with Crippen LogP contribution in [0.1, 0.15) is 42.0 Å². The van der Waals surface area contributed by atoms with Gasteiger partial charge in [0.05, 0.1) is 29.8 Å². The Kier molecular flexibility index (Phi) is 4.09. The minimum absolute atomic E-state index is 0.163. The maximum atomic E-state index is 13.2. The molecule has 1 aromatic carbocycles. The molecule has 1 aliphatic rings.